The fourth-order valence-corrected chi connectivity index (χ4v) is 5.54. The Morgan fingerprint density at radius 1 is 1.29 bits per heavy atom. The Morgan fingerprint density at radius 2 is 2.11 bits per heavy atom. The lowest BCUT2D eigenvalue weighted by Gasteiger charge is -2.18. The number of nitrogens with one attached hydrogen (secondary N) is 1. The Balaban J connectivity index is 2.00. The first-order valence-electron chi connectivity index (χ1n) is 8.20. The van der Waals surface area contributed by atoms with Crippen molar-refractivity contribution in [3.63, 3.8) is 0 Å². The summed E-state index contributed by atoms with van der Waals surface area (Å²) < 4.78 is 24.6. The Kier molecular flexibility index (Phi) is 4.59. The maximum absolute atomic E-state index is 14.1. The number of carbonyl (C=O) groups excluding carboxylic acids is 1. The number of benzene rings is 2. The summed E-state index contributed by atoms with van der Waals surface area (Å²) in [5, 5.41) is 1.53. The molecule has 0 aliphatic carbocycles. The molecule has 2 aromatic heterocycles. The van der Waals surface area contributed by atoms with Crippen molar-refractivity contribution in [3.05, 3.63) is 65.8 Å². The van der Waals surface area contributed by atoms with Crippen LogP contribution in [0.25, 0.3) is 22.2 Å². The Labute approximate surface area is 164 Å². The molecule has 0 fully saturated rings. The van der Waals surface area contributed by atoms with Crippen LogP contribution < -0.4 is 16.3 Å². The number of halogens is 1. The van der Waals surface area contributed by atoms with Gasteiger partial charge in [0.15, 0.2) is 6.39 Å². The predicted molar refractivity (Wildman–Crippen MR) is 108 cm³/mol. The molecule has 4 aromatic rings. The molecular weight excluding hydrogens is 401 g/mol. The van der Waals surface area contributed by atoms with Gasteiger partial charge in [0.2, 0.25) is 0 Å². The molecule has 9 heteroatoms. The SMILES string of the molecule is COP(=O)(c1cccc(-c2cocn2)c1)c1c(C(N)=O)[nH]c2ccc(Cl)cc12. The van der Waals surface area contributed by atoms with Gasteiger partial charge >= 0.3 is 0 Å². The summed E-state index contributed by atoms with van der Waals surface area (Å²) in [6, 6.07) is 11.9. The molecule has 1 amide bonds. The number of nitrogens with zero attached hydrogens (tertiary/aromatic N) is 1. The zero-order valence-electron chi connectivity index (χ0n) is 14.7. The molecule has 0 spiro atoms. The number of amides is 1. The van der Waals surface area contributed by atoms with Gasteiger partial charge in [-0.25, -0.2) is 4.98 Å². The third kappa shape index (κ3) is 2.94. The molecule has 3 N–H and O–H groups in total. The van der Waals surface area contributed by atoms with Gasteiger partial charge in [-0.1, -0.05) is 23.7 Å². The van der Waals surface area contributed by atoms with Gasteiger partial charge in [-0.2, -0.15) is 0 Å². The number of hydrogen-bond acceptors (Lipinski definition) is 5. The van der Waals surface area contributed by atoms with Gasteiger partial charge in [0.05, 0.1) is 5.30 Å². The monoisotopic (exact) mass is 415 g/mol. The summed E-state index contributed by atoms with van der Waals surface area (Å²) in [6.07, 6.45) is 2.79. The van der Waals surface area contributed by atoms with Gasteiger partial charge in [-0.15, -0.1) is 0 Å². The van der Waals surface area contributed by atoms with Crippen molar-refractivity contribution in [1.29, 1.82) is 0 Å². The van der Waals surface area contributed by atoms with E-state index in [0.717, 1.165) is 0 Å². The zero-order valence-corrected chi connectivity index (χ0v) is 16.3. The summed E-state index contributed by atoms with van der Waals surface area (Å²) in [6.45, 7) is 0. The smallest absolute Gasteiger partial charge is 0.266 e. The van der Waals surface area contributed by atoms with Crippen LogP contribution in [0.4, 0.5) is 0 Å². The van der Waals surface area contributed by atoms with Crippen molar-refractivity contribution in [1.82, 2.24) is 9.97 Å². The number of hydrogen-bond donors (Lipinski definition) is 2. The molecule has 2 heterocycles. The van der Waals surface area contributed by atoms with E-state index in [1.807, 2.05) is 6.07 Å². The third-order valence-electron chi connectivity index (χ3n) is 4.45. The van der Waals surface area contributed by atoms with Crippen LogP contribution in [-0.4, -0.2) is 23.0 Å². The van der Waals surface area contributed by atoms with Crippen LogP contribution in [0.1, 0.15) is 10.5 Å². The maximum atomic E-state index is 14.1. The molecular formula is C19H15ClN3O4P. The minimum Gasteiger partial charge on any atom is -0.451 e. The summed E-state index contributed by atoms with van der Waals surface area (Å²) in [4.78, 5) is 19.1. The maximum Gasteiger partial charge on any atom is 0.266 e. The summed E-state index contributed by atoms with van der Waals surface area (Å²) in [7, 11) is -2.36. The van der Waals surface area contributed by atoms with Crippen LogP contribution in [0.5, 0.6) is 0 Å². The summed E-state index contributed by atoms with van der Waals surface area (Å²) in [5.74, 6) is -0.743. The van der Waals surface area contributed by atoms with E-state index in [2.05, 4.69) is 9.97 Å². The second-order valence-corrected chi connectivity index (χ2v) is 8.93. The number of nitrogens with two attached hydrogens (primary N) is 1. The largest absolute Gasteiger partial charge is 0.451 e. The molecule has 1 atom stereocenters. The molecule has 1 unspecified atom stereocenters. The van der Waals surface area contributed by atoms with Crippen molar-refractivity contribution in [3.8, 4) is 11.3 Å². The summed E-state index contributed by atoms with van der Waals surface area (Å²) in [5.41, 5.74) is 7.44. The molecule has 28 heavy (non-hydrogen) atoms. The van der Waals surface area contributed by atoms with Crippen molar-refractivity contribution in [2.75, 3.05) is 7.11 Å². The second kappa shape index (κ2) is 6.95. The number of carbonyl (C=O) groups is 1. The minimum absolute atomic E-state index is 0.0225. The number of fused-ring (bicyclic) bond motifs is 1. The Bertz CT molecular complexity index is 1230. The highest BCUT2D eigenvalue weighted by Gasteiger charge is 2.35. The van der Waals surface area contributed by atoms with Crippen LogP contribution >= 0.6 is 19.0 Å². The number of aromatic nitrogens is 2. The van der Waals surface area contributed by atoms with Gasteiger partial charge in [-0.3, -0.25) is 9.36 Å². The van der Waals surface area contributed by atoms with E-state index < -0.39 is 13.3 Å². The highest BCUT2D eigenvalue weighted by atomic mass is 35.5. The molecule has 7 nitrogen and oxygen atoms in total. The molecule has 0 saturated carbocycles. The van der Waals surface area contributed by atoms with E-state index in [-0.39, 0.29) is 11.0 Å². The molecule has 0 saturated heterocycles. The minimum atomic E-state index is -3.69. The molecule has 4 rings (SSSR count). The number of oxazole rings is 1. The first-order chi connectivity index (χ1) is 13.4. The van der Waals surface area contributed by atoms with Crippen molar-refractivity contribution in [2.45, 2.75) is 0 Å². The average Bonchev–Trinajstić information content (AvgIpc) is 3.35. The van der Waals surface area contributed by atoms with Crippen LogP contribution in [-0.2, 0) is 9.09 Å². The fraction of sp³-hybridized carbons (Fsp3) is 0.0526. The standard InChI is InChI=1S/C19H15ClN3O4P/c1-26-28(25,13-4-2-3-11(7-13)16-9-27-10-22-16)18-14-8-12(20)5-6-15(14)23-17(18)19(21)24/h2-10,23H,1H3,(H2,21,24). The lowest BCUT2D eigenvalue weighted by Crippen LogP contribution is -2.25. The number of primary amides is 1. The van der Waals surface area contributed by atoms with Crippen LogP contribution in [0.3, 0.4) is 0 Å². The predicted octanol–water partition coefficient (Wildman–Crippen LogP) is 3.45. The first kappa shape index (κ1) is 18.5. The number of H-pyrrole nitrogens is 1. The second-order valence-electron chi connectivity index (χ2n) is 6.06. The molecule has 142 valence electrons. The Morgan fingerprint density at radius 3 is 2.79 bits per heavy atom. The highest BCUT2D eigenvalue weighted by Crippen LogP contribution is 2.47. The van der Waals surface area contributed by atoms with Gasteiger partial charge in [-0.05, 0) is 30.3 Å². The Hall–Kier alpha value is -2.86. The van der Waals surface area contributed by atoms with E-state index in [9.17, 15) is 9.36 Å². The van der Waals surface area contributed by atoms with Gasteiger partial charge in [0.1, 0.15) is 17.7 Å². The van der Waals surface area contributed by atoms with E-state index in [4.69, 9.17) is 26.3 Å². The van der Waals surface area contributed by atoms with Crippen LogP contribution in [0.2, 0.25) is 5.02 Å². The normalized spacial score (nSPS) is 13.5. The molecule has 0 bridgehead atoms. The first-order valence-corrected chi connectivity index (χ1v) is 10.2. The van der Waals surface area contributed by atoms with Gasteiger partial charge < -0.3 is 19.7 Å². The van der Waals surface area contributed by atoms with Crippen LogP contribution in [0, 0.1) is 0 Å². The summed E-state index contributed by atoms with van der Waals surface area (Å²) >= 11 is 6.13. The quantitative estimate of drug-likeness (QED) is 0.485. The van der Waals surface area contributed by atoms with Crippen molar-refractivity contribution in [2.24, 2.45) is 5.73 Å². The highest BCUT2D eigenvalue weighted by molar-refractivity contribution is 7.75. The lowest BCUT2D eigenvalue weighted by molar-refractivity contribution is 0.0997. The molecule has 0 aliphatic rings. The zero-order chi connectivity index (χ0) is 19.9. The third-order valence-corrected chi connectivity index (χ3v) is 7.21. The number of rotatable bonds is 5. The van der Waals surface area contributed by atoms with Gasteiger partial charge in [0.25, 0.3) is 13.3 Å². The topological polar surface area (TPSA) is 111 Å². The van der Waals surface area contributed by atoms with Gasteiger partial charge in [0, 0.05) is 33.9 Å². The van der Waals surface area contributed by atoms with E-state index in [1.165, 1.54) is 19.8 Å². The van der Waals surface area contributed by atoms with Crippen LogP contribution in [0.15, 0.2) is 59.5 Å². The van der Waals surface area contributed by atoms with E-state index in [0.29, 0.717) is 32.5 Å². The fourth-order valence-electron chi connectivity index (χ4n) is 3.16. The molecule has 0 aliphatic heterocycles. The lowest BCUT2D eigenvalue weighted by atomic mass is 10.2. The molecule has 2 aromatic carbocycles. The van der Waals surface area contributed by atoms with E-state index >= 15 is 0 Å². The average molecular weight is 416 g/mol. The van der Waals surface area contributed by atoms with E-state index in [1.54, 1.807) is 36.4 Å². The van der Waals surface area contributed by atoms with Crippen molar-refractivity contribution >= 4 is 46.4 Å². The van der Waals surface area contributed by atoms with Crippen molar-refractivity contribution < 1.29 is 18.3 Å². The number of aromatic amines is 1. The molecule has 0 radical (unpaired) electrons.